The third kappa shape index (κ3) is 13.6. The van der Waals surface area contributed by atoms with Crippen LogP contribution in [0.5, 0.6) is 0 Å². The zero-order valence-electron chi connectivity index (χ0n) is 5.78. The van der Waals surface area contributed by atoms with Crippen LogP contribution in [0.3, 0.4) is 0 Å². The predicted molar refractivity (Wildman–Crippen MR) is 47.6 cm³/mol. The second-order valence-electron chi connectivity index (χ2n) is 2.07. The van der Waals surface area contributed by atoms with Crippen LogP contribution in [0.4, 0.5) is 0 Å². The summed E-state index contributed by atoms with van der Waals surface area (Å²) in [6.45, 7) is 3.48. The van der Waals surface area contributed by atoms with Gasteiger partial charge in [0.25, 0.3) is 10.1 Å². The summed E-state index contributed by atoms with van der Waals surface area (Å²) in [7, 11) is -3.74. The van der Waals surface area contributed by atoms with E-state index >= 15 is 0 Å². The van der Waals surface area contributed by atoms with E-state index < -0.39 is 10.1 Å². The maximum absolute atomic E-state index is 10.1. The average Bonchev–Trinajstić information content (AvgIpc) is 1.78. The SMILES string of the molecule is C=CCCCCS(=O)(=O)O.[NaH]. The Labute approximate surface area is 89.9 Å². The molecule has 62 valence electrons. The molecule has 11 heavy (non-hydrogen) atoms. The molecule has 5 heteroatoms. The van der Waals surface area contributed by atoms with E-state index in [1.54, 1.807) is 6.08 Å². The van der Waals surface area contributed by atoms with Crippen LogP contribution in [0.15, 0.2) is 12.7 Å². The van der Waals surface area contributed by atoms with Crippen molar-refractivity contribution in [1.82, 2.24) is 0 Å². The molecule has 0 radical (unpaired) electrons. The molecule has 0 spiro atoms. The summed E-state index contributed by atoms with van der Waals surface area (Å²) in [6.07, 6.45) is 3.80. The second-order valence-corrected chi connectivity index (χ2v) is 3.64. The average molecular weight is 188 g/mol. The minimum atomic E-state index is -3.74. The van der Waals surface area contributed by atoms with Gasteiger partial charge in [-0.2, -0.15) is 8.42 Å². The van der Waals surface area contributed by atoms with Gasteiger partial charge in [-0.1, -0.05) is 6.08 Å². The first-order chi connectivity index (χ1) is 4.56. The van der Waals surface area contributed by atoms with Crippen molar-refractivity contribution < 1.29 is 13.0 Å². The fourth-order valence-electron chi connectivity index (χ4n) is 0.573. The molecule has 0 saturated carbocycles. The van der Waals surface area contributed by atoms with E-state index in [1.165, 1.54) is 0 Å². The molecule has 0 aromatic rings. The first-order valence-corrected chi connectivity index (χ1v) is 4.73. The van der Waals surface area contributed by atoms with Crippen molar-refractivity contribution in [2.24, 2.45) is 0 Å². The predicted octanol–water partition coefficient (Wildman–Crippen LogP) is 0.582. The molecule has 0 aliphatic heterocycles. The van der Waals surface area contributed by atoms with E-state index in [0.29, 0.717) is 6.42 Å². The quantitative estimate of drug-likeness (QED) is 0.297. The van der Waals surface area contributed by atoms with Crippen LogP contribution in [0, 0.1) is 0 Å². The number of rotatable bonds is 5. The summed E-state index contributed by atoms with van der Waals surface area (Å²) in [6, 6.07) is 0. The number of hydrogen-bond donors (Lipinski definition) is 1. The fraction of sp³-hybridized carbons (Fsp3) is 0.667. The molecule has 0 aromatic heterocycles. The van der Waals surface area contributed by atoms with Crippen molar-refractivity contribution in [3.8, 4) is 0 Å². The summed E-state index contributed by atoms with van der Waals surface area (Å²) in [5.74, 6) is -0.138. The third-order valence-electron chi connectivity index (χ3n) is 1.06. The molecule has 0 rings (SSSR count). The molecule has 0 unspecified atom stereocenters. The van der Waals surface area contributed by atoms with Gasteiger partial charge < -0.3 is 0 Å². The molecule has 0 aliphatic carbocycles. The van der Waals surface area contributed by atoms with E-state index in [0.717, 1.165) is 12.8 Å². The van der Waals surface area contributed by atoms with E-state index in [1.807, 2.05) is 0 Å². The van der Waals surface area contributed by atoms with Crippen molar-refractivity contribution >= 4 is 39.7 Å². The zero-order valence-corrected chi connectivity index (χ0v) is 6.60. The van der Waals surface area contributed by atoms with Crippen LogP contribution in [-0.4, -0.2) is 48.3 Å². The Morgan fingerprint density at radius 2 is 1.91 bits per heavy atom. The number of unbranched alkanes of at least 4 members (excludes halogenated alkanes) is 2. The van der Waals surface area contributed by atoms with Gasteiger partial charge in [0.15, 0.2) is 0 Å². The molecular formula is C6H13NaO3S. The van der Waals surface area contributed by atoms with Gasteiger partial charge in [-0.15, -0.1) is 6.58 Å². The van der Waals surface area contributed by atoms with Gasteiger partial charge in [0.1, 0.15) is 0 Å². The Balaban J connectivity index is 0. The minimum absolute atomic E-state index is 0. The van der Waals surface area contributed by atoms with Crippen LogP contribution < -0.4 is 0 Å². The van der Waals surface area contributed by atoms with Gasteiger partial charge in [-0.05, 0) is 19.3 Å². The summed E-state index contributed by atoms with van der Waals surface area (Å²) >= 11 is 0. The zero-order chi connectivity index (χ0) is 8.04. The van der Waals surface area contributed by atoms with Gasteiger partial charge >= 0.3 is 29.6 Å². The molecule has 0 fully saturated rings. The Hall–Kier alpha value is 0.650. The summed E-state index contributed by atoms with van der Waals surface area (Å²) in [5.41, 5.74) is 0. The van der Waals surface area contributed by atoms with Gasteiger partial charge in [0, 0.05) is 0 Å². The van der Waals surface area contributed by atoms with Crippen LogP contribution in [0.1, 0.15) is 19.3 Å². The van der Waals surface area contributed by atoms with Crippen molar-refractivity contribution in [2.75, 3.05) is 5.75 Å². The molecule has 0 saturated heterocycles. The maximum atomic E-state index is 10.1. The van der Waals surface area contributed by atoms with Crippen molar-refractivity contribution in [2.45, 2.75) is 19.3 Å². The normalized spacial score (nSPS) is 10.3. The molecule has 0 aromatic carbocycles. The Bertz CT molecular complexity index is 186. The molecule has 0 amide bonds. The van der Waals surface area contributed by atoms with Gasteiger partial charge in [-0.25, -0.2) is 0 Å². The molecule has 0 heterocycles. The number of allylic oxidation sites excluding steroid dienone is 1. The van der Waals surface area contributed by atoms with E-state index in [2.05, 4.69) is 6.58 Å². The molecule has 0 atom stereocenters. The van der Waals surface area contributed by atoms with Gasteiger partial charge in [0.2, 0.25) is 0 Å². The summed E-state index contributed by atoms with van der Waals surface area (Å²) in [5, 5.41) is 0. The van der Waals surface area contributed by atoms with Crippen molar-refractivity contribution in [3.63, 3.8) is 0 Å². The standard InChI is InChI=1S/C6H12O3S.Na.H/c1-2-3-4-5-6-10(7,8)9;;/h2H,1,3-6H2,(H,7,8,9);;. The molecule has 0 aliphatic rings. The van der Waals surface area contributed by atoms with Crippen LogP contribution in [-0.2, 0) is 10.1 Å². The van der Waals surface area contributed by atoms with Gasteiger partial charge in [-0.3, -0.25) is 4.55 Å². The third-order valence-corrected chi connectivity index (χ3v) is 1.87. The summed E-state index contributed by atoms with van der Waals surface area (Å²) in [4.78, 5) is 0. The van der Waals surface area contributed by atoms with Crippen molar-refractivity contribution in [3.05, 3.63) is 12.7 Å². The first-order valence-electron chi connectivity index (χ1n) is 3.12. The fourth-order valence-corrected chi connectivity index (χ4v) is 1.14. The van der Waals surface area contributed by atoms with E-state index in [9.17, 15) is 8.42 Å². The van der Waals surface area contributed by atoms with Gasteiger partial charge in [0.05, 0.1) is 5.75 Å². The topological polar surface area (TPSA) is 54.4 Å². The Morgan fingerprint density at radius 3 is 2.27 bits per heavy atom. The monoisotopic (exact) mass is 188 g/mol. The Kier molecular flexibility index (Phi) is 9.43. The number of hydrogen-bond acceptors (Lipinski definition) is 2. The van der Waals surface area contributed by atoms with E-state index in [4.69, 9.17) is 4.55 Å². The molecular weight excluding hydrogens is 175 g/mol. The second kappa shape index (κ2) is 7.31. The van der Waals surface area contributed by atoms with Crippen LogP contribution in [0.25, 0.3) is 0 Å². The molecule has 3 nitrogen and oxygen atoms in total. The van der Waals surface area contributed by atoms with Crippen LogP contribution >= 0.6 is 0 Å². The van der Waals surface area contributed by atoms with Crippen LogP contribution in [0.2, 0.25) is 0 Å². The first kappa shape index (κ1) is 14.2. The molecule has 0 bridgehead atoms. The van der Waals surface area contributed by atoms with E-state index in [-0.39, 0.29) is 35.3 Å². The van der Waals surface area contributed by atoms with Crippen molar-refractivity contribution in [1.29, 1.82) is 0 Å². The Morgan fingerprint density at radius 1 is 1.36 bits per heavy atom. The summed E-state index contributed by atoms with van der Waals surface area (Å²) < 4.78 is 28.5. The molecule has 1 N–H and O–H groups in total.